The molecule has 2 aromatic carbocycles. The Hall–Kier alpha value is -2.21. The van der Waals surface area contributed by atoms with Gasteiger partial charge in [-0.05, 0) is 29.8 Å². The van der Waals surface area contributed by atoms with Gasteiger partial charge in [0.15, 0.2) is 0 Å². The SMILES string of the molecule is COc1cc(OC)cc(C(=O)N2CCSC2c2ccc(F)cc2)c1. The van der Waals surface area contributed by atoms with Crippen LogP contribution in [0.3, 0.4) is 0 Å². The van der Waals surface area contributed by atoms with Crippen LogP contribution in [0, 0.1) is 5.82 Å². The van der Waals surface area contributed by atoms with Crippen LogP contribution in [0.15, 0.2) is 42.5 Å². The van der Waals surface area contributed by atoms with Gasteiger partial charge in [-0.25, -0.2) is 4.39 Å². The number of carbonyl (C=O) groups excluding carboxylic acids is 1. The van der Waals surface area contributed by atoms with Crippen LogP contribution in [0.25, 0.3) is 0 Å². The van der Waals surface area contributed by atoms with Gasteiger partial charge in [-0.3, -0.25) is 4.79 Å². The predicted molar refractivity (Wildman–Crippen MR) is 92.2 cm³/mol. The standard InChI is InChI=1S/C18H18FNO3S/c1-22-15-9-13(10-16(11-15)23-2)17(21)20-7-8-24-18(20)12-3-5-14(19)6-4-12/h3-6,9-11,18H,7-8H2,1-2H3. The summed E-state index contributed by atoms with van der Waals surface area (Å²) in [5.41, 5.74) is 1.43. The lowest BCUT2D eigenvalue weighted by atomic mass is 10.1. The minimum Gasteiger partial charge on any atom is -0.497 e. The maximum Gasteiger partial charge on any atom is 0.255 e. The molecule has 6 heteroatoms. The number of ether oxygens (including phenoxy) is 2. The van der Waals surface area contributed by atoms with E-state index in [1.807, 2.05) is 0 Å². The van der Waals surface area contributed by atoms with Gasteiger partial charge in [0.2, 0.25) is 0 Å². The van der Waals surface area contributed by atoms with Gasteiger partial charge < -0.3 is 14.4 Å². The summed E-state index contributed by atoms with van der Waals surface area (Å²) in [6.07, 6.45) is 0. The van der Waals surface area contributed by atoms with Crippen molar-refractivity contribution in [3.05, 3.63) is 59.4 Å². The van der Waals surface area contributed by atoms with Crippen molar-refractivity contribution in [3.63, 3.8) is 0 Å². The number of rotatable bonds is 4. The summed E-state index contributed by atoms with van der Waals surface area (Å²) in [6, 6.07) is 11.4. The van der Waals surface area contributed by atoms with E-state index >= 15 is 0 Å². The molecule has 0 aliphatic carbocycles. The molecule has 1 unspecified atom stereocenters. The molecule has 4 nitrogen and oxygen atoms in total. The average molecular weight is 347 g/mol. The molecule has 3 rings (SSSR count). The smallest absolute Gasteiger partial charge is 0.255 e. The Bertz CT molecular complexity index is 713. The highest BCUT2D eigenvalue weighted by Crippen LogP contribution is 2.39. The molecular weight excluding hydrogens is 329 g/mol. The van der Waals surface area contributed by atoms with Gasteiger partial charge >= 0.3 is 0 Å². The van der Waals surface area contributed by atoms with E-state index in [1.165, 1.54) is 12.1 Å². The molecule has 1 aliphatic rings. The molecule has 0 N–H and O–H groups in total. The summed E-state index contributed by atoms with van der Waals surface area (Å²) in [5, 5.41) is -0.115. The van der Waals surface area contributed by atoms with Gasteiger partial charge in [0, 0.05) is 23.9 Å². The fourth-order valence-corrected chi connectivity index (χ4v) is 3.93. The summed E-state index contributed by atoms with van der Waals surface area (Å²) in [5.74, 6) is 1.61. The Morgan fingerprint density at radius 3 is 2.33 bits per heavy atom. The van der Waals surface area contributed by atoms with Gasteiger partial charge in [0.1, 0.15) is 22.7 Å². The number of methoxy groups -OCH3 is 2. The normalized spacial score (nSPS) is 17.0. The molecule has 24 heavy (non-hydrogen) atoms. The maximum absolute atomic E-state index is 13.1. The Kier molecular flexibility index (Phi) is 4.94. The van der Waals surface area contributed by atoms with Crippen molar-refractivity contribution in [2.45, 2.75) is 5.37 Å². The first-order valence-corrected chi connectivity index (χ1v) is 8.58. The lowest BCUT2D eigenvalue weighted by Crippen LogP contribution is -2.30. The molecule has 1 saturated heterocycles. The molecule has 0 bridgehead atoms. The molecule has 0 saturated carbocycles. The number of thioether (sulfide) groups is 1. The van der Waals surface area contributed by atoms with E-state index in [4.69, 9.17) is 9.47 Å². The Morgan fingerprint density at radius 2 is 1.75 bits per heavy atom. The Balaban J connectivity index is 1.89. The van der Waals surface area contributed by atoms with E-state index in [0.717, 1.165) is 11.3 Å². The number of benzene rings is 2. The van der Waals surface area contributed by atoms with Crippen molar-refractivity contribution >= 4 is 17.7 Å². The summed E-state index contributed by atoms with van der Waals surface area (Å²) >= 11 is 1.67. The highest BCUT2D eigenvalue weighted by Gasteiger charge is 2.31. The molecule has 0 aromatic heterocycles. The van der Waals surface area contributed by atoms with Gasteiger partial charge in [0.05, 0.1) is 14.2 Å². The first kappa shape index (κ1) is 16.6. The molecule has 1 heterocycles. The van der Waals surface area contributed by atoms with Crippen LogP contribution in [0.1, 0.15) is 21.3 Å². The second-order valence-corrected chi connectivity index (χ2v) is 6.56. The van der Waals surface area contributed by atoms with E-state index in [1.54, 1.807) is 61.2 Å². The van der Waals surface area contributed by atoms with Crippen molar-refractivity contribution < 1.29 is 18.7 Å². The molecule has 0 radical (unpaired) electrons. The van der Waals surface area contributed by atoms with Crippen molar-refractivity contribution in [2.24, 2.45) is 0 Å². The third kappa shape index (κ3) is 3.33. The highest BCUT2D eigenvalue weighted by molar-refractivity contribution is 7.99. The monoisotopic (exact) mass is 347 g/mol. The van der Waals surface area contributed by atoms with Crippen molar-refractivity contribution in [1.82, 2.24) is 4.90 Å². The fourth-order valence-electron chi connectivity index (χ4n) is 2.68. The number of nitrogens with zero attached hydrogens (tertiary/aromatic N) is 1. The topological polar surface area (TPSA) is 38.8 Å². The summed E-state index contributed by atoms with van der Waals surface area (Å²) < 4.78 is 23.6. The summed E-state index contributed by atoms with van der Waals surface area (Å²) in [4.78, 5) is 14.8. The van der Waals surface area contributed by atoms with Gasteiger partial charge in [-0.1, -0.05) is 12.1 Å². The Labute approximate surface area is 144 Å². The third-order valence-corrected chi connectivity index (χ3v) is 5.17. The van der Waals surface area contributed by atoms with Gasteiger partial charge in [-0.2, -0.15) is 0 Å². The zero-order valence-electron chi connectivity index (χ0n) is 13.5. The molecular formula is C18H18FNO3S. The second kappa shape index (κ2) is 7.13. The quantitative estimate of drug-likeness (QED) is 0.845. The Morgan fingerprint density at radius 1 is 1.12 bits per heavy atom. The van der Waals surface area contributed by atoms with Crippen LogP contribution < -0.4 is 9.47 Å². The molecule has 2 aromatic rings. The number of carbonyl (C=O) groups is 1. The molecule has 126 valence electrons. The molecule has 1 amide bonds. The number of hydrogen-bond donors (Lipinski definition) is 0. The lowest BCUT2D eigenvalue weighted by Gasteiger charge is -2.24. The molecule has 0 spiro atoms. The lowest BCUT2D eigenvalue weighted by molar-refractivity contribution is 0.0759. The minimum absolute atomic E-state index is 0.0912. The zero-order valence-corrected chi connectivity index (χ0v) is 14.3. The first-order valence-electron chi connectivity index (χ1n) is 7.53. The molecule has 1 fully saturated rings. The van der Waals surface area contributed by atoms with Gasteiger partial charge in [0.25, 0.3) is 5.91 Å². The van der Waals surface area contributed by atoms with Crippen LogP contribution >= 0.6 is 11.8 Å². The van der Waals surface area contributed by atoms with Gasteiger partial charge in [-0.15, -0.1) is 11.8 Å². The molecule has 1 aliphatic heterocycles. The minimum atomic E-state index is -0.280. The van der Waals surface area contributed by atoms with E-state index in [9.17, 15) is 9.18 Å². The van der Waals surface area contributed by atoms with Crippen LogP contribution in [0.2, 0.25) is 0 Å². The highest BCUT2D eigenvalue weighted by atomic mass is 32.2. The number of hydrogen-bond acceptors (Lipinski definition) is 4. The van der Waals surface area contributed by atoms with Crippen molar-refractivity contribution in [1.29, 1.82) is 0 Å². The number of amides is 1. The summed E-state index contributed by atoms with van der Waals surface area (Å²) in [7, 11) is 3.10. The van der Waals surface area contributed by atoms with E-state index in [2.05, 4.69) is 0 Å². The van der Waals surface area contributed by atoms with E-state index < -0.39 is 0 Å². The second-order valence-electron chi connectivity index (χ2n) is 5.37. The van der Waals surface area contributed by atoms with Crippen LogP contribution in [0.5, 0.6) is 11.5 Å². The third-order valence-electron chi connectivity index (χ3n) is 3.91. The molecule has 1 atom stereocenters. The van der Waals surface area contributed by atoms with Crippen LogP contribution in [-0.2, 0) is 0 Å². The van der Waals surface area contributed by atoms with Crippen molar-refractivity contribution in [2.75, 3.05) is 26.5 Å². The predicted octanol–water partition coefficient (Wildman–Crippen LogP) is 3.73. The van der Waals surface area contributed by atoms with Crippen LogP contribution in [-0.4, -0.2) is 37.3 Å². The first-order chi connectivity index (χ1) is 11.6. The summed E-state index contributed by atoms with van der Waals surface area (Å²) in [6.45, 7) is 0.644. The van der Waals surface area contributed by atoms with E-state index in [0.29, 0.717) is 23.6 Å². The van der Waals surface area contributed by atoms with E-state index in [-0.39, 0.29) is 17.1 Å². The maximum atomic E-state index is 13.1. The average Bonchev–Trinajstić information content (AvgIpc) is 3.10. The fraction of sp³-hybridized carbons (Fsp3) is 0.278. The van der Waals surface area contributed by atoms with Crippen LogP contribution in [0.4, 0.5) is 4.39 Å². The van der Waals surface area contributed by atoms with Crippen molar-refractivity contribution in [3.8, 4) is 11.5 Å². The largest absolute Gasteiger partial charge is 0.497 e. The zero-order chi connectivity index (χ0) is 17.1. The number of halogens is 1.